The highest BCUT2D eigenvalue weighted by atomic mass is 16.4. The molecule has 1 aliphatic heterocycles. The number of hydrogen-bond donors (Lipinski definition) is 2. The molecule has 1 aliphatic rings. The number of nitriles is 1. The SMILES string of the molecule is CN1C=C(O)C(C(=O)O)=CC1c1ccc(-c2ccccc2)c(C#N)c1. The summed E-state index contributed by atoms with van der Waals surface area (Å²) in [4.78, 5) is 13.0. The summed E-state index contributed by atoms with van der Waals surface area (Å²) < 4.78 is 0. The quantitative estimate of drug-likeness (QED) is 0.897. The summed E-state index contributed by atoms with van der Waals surface area (Å²) in [7, 11) is 1.74. The number of carbonyl (C=O) groups is 1. The average Bonchev–Trinajstić information content (AvgIpc) is 2.61. The van der Waals surface area contributed by atoms with E-state index in [1.807, 2.05) is 42.5 Å². The molecule has 0 radical (unpaired) electrons. The minimum absolute atomic E-state index is 0.145. The molecule has 0 saturated heterocycles. The second kappa shape index (κ2) is 6.54. The van der Waals surface area contributed by atoms with Crippen LogP contribution in [-0.4, -0.2) is 28.1 Å². The molecule has 0 saturated carbocycles. The summed E-state index contributed by atoms with van der Waals surface area (Å²) in [5.74, 6) is -1.47. The monoisotopic (exact) mass is 332 g/mol. The third-order valence-corrected chi connectivity index (χ3v) is 4.19. The molecule has 124 valence electrons. The van der Waals surface area contributed by atoms with Crippen molar-refractivity contribution in [2.75, 3.05) is 7.05 Å². The summed E-state index contributed by atoms with van der Waals surface area (Å²) in [6, 6.07) is 16.9. The van der Waals surface area contributed by atoms with E-state index in [1.54, 1.807) is 18.0 Å². The van der Waals surface area contributed by atoms with Crippen molar-refractivity contribution in [3.8, 4) is 17.2 Å². The summed E-state index contributed by atoms with van der Waals surface area (Å²) in [6.45, 7) is 0. The number of aliphatic hydroxyl groups excluding tert-OH is 1. The lowest BCUT2D eigenvalue weighted by atomic mass is 9.93. The van der Waals surface area contributed by atoms with Crippen LogP contribution in [0.3, 0.4) is 0 Å². The fraction of sp³-hybridized carbons (Fsp3) is 0.100. The molecule has 3 rings (SSSR count). The first-order chi connectivity index (χ1) is 12.0. The molecule has 0 aromatic heterocycles. The number of benzene rings is 2. The summed E-state index contributed by atoms with van der Waals surface area (Å²) >= 11 is 0. The zero-order chi connectivity index (χ0) is 18.0. The molecule has 0 amide bonds. The van der Waals surface area contributed by atoms with Crippen LogP contribution in [-0.2, 0) is 4.79 Å². The van der Waals surface area contributed by atoms with Crippen LogP contribution in [0.4, 0.5) is 0 Å². The Morgan fingerprint density at radius 2 is 1.92 bits per heavy atom. The van der Waals surface area contributed by atoms with Crippen molar-refractivity contribution in [3.63, 3.8) is 0 Å². The van der Waals surface area contributed by atoms with Gasteiger partial charge in [-0.1, -0.05) is 42.5 Å². The van der Waals surface area contributed by atoms with Gasteiger partial charge in [0.2, 0.25) is 0 Å². The van der Waals surface area contributed by atoms with Crippen LogP contribution in [0.2, 0.25) is 0 Å². The zero-order valence-electron chi connectivity index (χ0n) is 13.5. The Balaban J connectivity index is 2.05. The van der Waals surface area contributed by atoms with E-state index in [0.717, 1.165) is 16.7 Å². The molecule has 2 aromatic rings. The van der Waals surface area contributed by atoms with Crippen LogP contribution >= 0.6 is 0 Å². The first-order valence-electron chi connectivity index (χ1n) is 7.69. The van der Waals surface area contributed by atoms with Gasteiger partial charge in [-0.2, -0.15) is 5.26 Å². The number of hydrogen-bond acceptors (Lipinski definition) is 4. The lowest BCUT2D eigenvalue weighted by Crippen LogP contribution is -2.24. The second-order valence-corrected chi connectivity index (χ2v) is 5.79. The summed E-state index contributed by atoms with van der Waals surface area (Å²) in [5.41, 5.74) is 2.92. The third kappa shape index (κ3) is 3.10. The van der Waals surface area contributed by atoms with Gasteiger partial charge in [-0.05, 0) is 28.8 Å². The Kier molecular flexibility index (Phi) is 4.27. The lowest BCUT2D eigenvalue weighted by molar-refractivity contribution is -0.132. The minimum Gasteiger partial charge on any atom is -0.506 e. The highest BCUT2D eigenvalue weighted by Crippen LogP contribution is 2.32. The molecule has 25 heavy (non-hydrogen) atoms. The molecule has 1 atom stereocenters. The summed E-state index contributed by atoms with van der Waals surface area (Å²) in [5, 5.41) is 28.5. The Labute approximate surface area is 145 Å². The predicted molar refractivity (Wildman–Crippen MR) is 93.5 cm³/mol. The van der Waals surface area contributed by atoms with Gasteiger partial charge in [0.05, 0.1) is 17.7 Å². The molecule has 0 bridgehead atoms. The molecule has 5 nitrogen and oxygen atoms in total. The van der Waals surface area contributed by atoms with Gasteiger partial charge in [0, 0.05) is 13.2 Å². The van der Waals surface area contributed by atoms with Gasteiger partial charge in [-0.25, -0.2) is 4.79 Å². The molecule has 1 unspecified atom stereocenters. The molecular formula is C20H16N2O3. The highest BCUT2D eigenvalue weighted by Gasteiger charge is 2.25. The number of rotatable bonds is 3. The first-order valence-corrected chi connectivity index (χ1v) is 7.69. The van der Waals surface area contributed by atoms with Gasteiger partial charge in [0.15, 0.2) is 0 Å². The Bertz CT molecular complexity index is 924. The van der Waals surface area contributed by atoms with Crippen molar-refractivity contribution in [2.24, 2.45) is 0 Å². The molecule has 2 aromatic carbocycles. The van der Waals surface area contributed by atoms with Crippen molar-refractivity contribution < 1.29 is 15.0 Å². The van der Waals surface area contributed by atoms with Crippen molar-refractivity contribution in [1.82, 2.24) is 4.90 Å². The van der Waals surface area contributed by atoms with Crippen LogP contribution in [0.15, 0.2) is 72.1 Å². The number of nitrogens with zero attached hydrogens (tertiary/aromatic N) is 2. The number of aliphatic hydroxyl groups is 1. The molecule has 0 spiro atoms. The van der Waals surface area contributed by atoms with Crippen molar-refractivity contribution in [1.29, 1.82) is 5.26 Å². The third-order valence-electron chi connectivity index (χ3n) is 4.19. The van der Waals surface area contributed by atoms with Crippen molar-refractivity contribution in [3.05, 3.63) is 83.3 Å². The van der Waals surface area contributed by atoms with E-state index in [1.165, 1.54) is 12.3 Å². The molecule has 0 aliphatic carbocycles. The number of likely N-dealkylation sites (N-methyl/N-ethyl adjacent to an activating group) is 1. The van der Waals surface area contributed by atoms with Gasteiger partial charge < -0.3 is 15.1 Å². The lowest BCUT2D eigenvalue weighted by Gasteiger charge is -2.29. The Morgan fingerprint density at radius 1 is 1.20 bits per heavy atom. The van der Waals surface area contributed by atoms with Crippen LogP contribution in [0.25, 0.3) is 11.1 Å². The van der Waals surface area contributed by atoms with E-state index in [2.05, 4.69) is 6.07 Å². The Hall–Kier alpha value is -3.52. The smallest absolute Gasteiger partial charge is 0.339 e. The zero-order valence-corrected chi connectivity index (χ0v) is 13.5. The highest BCUT2D eigenvalue weighted by molar-refractivity contribution is 5.91. The van der Waals surface area contributed by atoms with E-state index in [0.29, 0.717) is 5.56 Å². The first kappa shape index (κ1) is 16.3. The van der Waals surface area contributed by atoms with Crippen LogP contribution in [0.5, 0.6) is 0 Å². The van der Waals surface area contributed by atoms with E-state index < -0.39 is 5.97 Å². The van der Waals surface area contributed by atoms with E-state index in [-0.39, 0.29) is 17.4 Å². The molecule has 1 heterocycles. The van der Waals surface area contributed by atoms with E-state index in [4.69, 9.17) is 0 Å². The maximum atomic E-state index is 11.3. The largest absolute Gasteiger partial charge is 0.506 e. The second-order valence-electron chi connectivity index (χ2n) is 5.79. The van der Waals surface area contributed by atoms with Crippen LogP contribution in [0.1, 0.15) is 17.2 Å². The normalized spacial score (nSPS) is 16.6. The predicted octanol–water partition coefficient (Wildman–Crippen LogP) is 3.62. The molecular weight excluding hydrogens is 316 g/mol. The van der Waals surface area contributed by atoms with Gasteiger partial charge in [0.25, 0.3) is 0 Å². The number of carboxylic acid groups (broad SMARTS) is 1. The number of carboxylic acids is 1. The summed E-state index contributed by atoms with van der Waals surface area (Å²) in [6.07, 6.45) is 2.86. The fourth-order valence-electron chi connectivity index (χ4n) is 2.92. The average molecular weight is 332 g/mol. The Morgan fingerprint density at radius 3 is 2.56 bits per heavy atom. The van der Waals surface area contributed by atoms with Crippen molar-refractivity contribution >= 4 is 5.97 Å². The maximum absolute atomic E-state index is 11.3. The van der Waals surface area contributed by atoms with E-state index in [9.17, 15) is 20.3 Å². The number of aliphatic carboxylic acids is 1. The van der Waals surface area contributed by atoms with Crippen LogP contribution < -0.4 is 0 Å². The van der Waals surface area contributed by atoms with Gasteiger partial charge >= 0.3 is 5.97 Å². The topological polar surface area (TPSA) is 84.6 Å². The van der Waals surface area contributed by atoms with E-state index >= 15 is 0 Å². The van der Waals surface area contributed by atoms with Crippen LogP contribution in [0, 0.1) is 11.3 Å². The molecule has 2 N–H and O–H groups in total. The van der Waals surface area contributed by atoms with Gasteiger partial charge in [-0.3, -0.25) is 0 Å². The standard InChI is InChI=1S/C20H16N2O3/c1-22-12-19(23)17(20(24)25)10-18(22)14-7-8-16(15(9-14)11-21)13-5-3-2-4-6-13/h2-10,12,18,23H,1H3,(H,24,25). The minimum atomic E-state index is -1.19. The van der Waals surface area contributed by atoms with Gasteiger partial charge in [-0.15, -0.1) is 0 Å². The maximum Gasteiger partial charge on any atom is 0.339 e. The fourth-order valence-corrected chi connectivity index (χ4v) is 2.92. The molecule has 5 heteroatoms. The van der Waals surface area contributed by atoms with Crippen molar-refractivity contribution in [2.45, 2.75) is 6.04 Å². The van der Waals surface area contributed by atoms with Gasteiger partial charge in [0.1, 0.15) is 11.3 Å². The molecule has 0 fully saturated rings.